The van der Waals surface area contributed by atoms with Gasteiger partial charge in [-0.2, -0.15) is 13.2 Å². The smallest absolute Gasteiger partial charge is 0.370 e. The molecule has 8 heteroatoms. The van der Waals surface area contributed by atoms with Gasteiger partial charge in [0.2, 0.25) is 5.91 Å². The first-order chi connectivity index (χ1) is 9.23. The molecule has 2 N–H and O–H groups in total. The van der Waals surface area contributed by atoms with E-state index in [2.05, 4.69) is 0 Å². The number of benzene rings is 1. The van der Waals surface area contributed by atoms with Crippen molar-refractivity contribution in [2.75, 3.05) is 0 Å². The summed E-state index contributed by atoms with van der Waals surface area (Å²) in [6.45, 7) is 0. The van der Waals surface area contributed by atoms with Crippen LogP contribution in [0.3, 0.4) is 0 Å². The maximum Gasteiger partial charge on any atom is 0.409 e. The summed E-state index contributed by atoms with van der Waals surface area (Å²) >= 11 is 0. The van der Waals surface area contributed by atoms with Crippen LogP contribution < -0.4 is 5.73 Å². The summed E-state index contributed by atoms with van der Waals surface area (Å²) in [5.74, 6) is -3.40. The Morgan fingerprint density at radius 1 is 1.15 bits per heavy atom. The van der Waals surface area contributed by atoms with Crippen LogP contribution in [0.2, 0.25) is 0 Å². The fraction of sp³-hybridized carbons (Fsp3) is 0.250. The van der Waals surface area contributed by atoms with E-state index in [0.717, 1.165) is 0 Å². The number of amides is 3. The minimum absolute atomic E-state index is 0.0510. The lowest BCUT2D eigenvalue weighted by Gasteiger charge is -2.27. The lowest BCUT2D eigenvalue weighted by atomic mass is 10.1. The standard InChI is InChI=1S/C12H9F3N2O3/c13-12(14,15)8(5-9(16)18)17-10(19)6-3-1-2-4-7(6)11(17)20/h1-4,8H,5H2,(H2,16,18). The first-order valence-electron chi connectivity index (χ1n) is 5.55. The summed E-state index contributed by atoms with van der Waals surface area (Å²) < 4.78 is 38.8. The van der Waals surface area contributed by atoms with Crippen molar-refractivity contribution in [3.8, 4) is 0 Å². The normalized spacial score (nSPS) is 16.2. The summed E-state index contributed by atoms with van der Waals surface area (Å²) in [5, 5.41) is 0. The van der Waals surface area contributed by atoms with Crippen molar-refractivity contribution >= 4 is 17.7 Å². The van der Waals surface area contributed by atoms with Crippen LogP contribution in [0.25, 0.3) is 0 Å². The Morgan fingerprint density at radius 2 is 1.60 bits per heavy atom. The Balaban J connectivity index is 2.45. The van der Waals surface area contributed by atoms with Crippen molar-refractivity contribution in [3.63, 3.8) is 0 Å². The highest BCUT2D eigenvalue weighted by atomic mass is 19.4. The number of nitrogens with zero attached hydrogens (tertiary/aromatic N) is 1. The highest BCUT2D eigenvalue weighted by Crippen LogP contribution is 2.33. The number of nitrogens with two attached hydrogens (primary N) is 1. The van der Waals surface area contributed by atoms with Gasteiger partial charge in [-0.3, -0.25) is 19.3 Å². The minimum Gasteiger partial charge on any atom is -0.370 e. The summed E-state index contributed by atoms with van der Waals surface area (Å²) in [5.41, 5.74) is 4.54. The van der Waals surface area contributed by atoms with E-state index >= 15 is 0 Å². The molecule has 0 aromatic heterocycles. The van der Waals surface area contributed by atoms with E-state index in [1.807, 2.05) is 0 Å². The SMILES string of the molecule is NC(=O)CC(N1C(=O)c2ccccc2C1=O)C(F)(F)F. The topological polar surface area (TPSA) is 80.5 Å². The van der Waals surface area contributed by atoms with Gasteiger partial charge in [0.1, 0.15) is 6.04 Å². The monoisotopic (exact) mass is 286 g/mol. The fourth-order valence-corrected chi connectivity index (χ4v) is 2.03. The number of primary amides is 1. The van der Waals surface area contributed by atoms with E-state index in [-0.39, 0.29) is 16.0 Å². The number of halogens is 3. The molecule has 1 aliphatic rings. The maximum absolute atomic E-state index is 12.9. The van der Waals surface area contributed by atoms with Crippen molar-refractivity contribution in [3.05, 3.63) is 35.4 Å². The number of fused-ring (bicyclic) bond motifs is 1. The quantitative estimate of drug-likeness (QED) is 0.844. The zero-order valence-electron chi connectivity index (χ0n) is 9.98. The molecule has 106 valence electrons. The average molecular weight is 286 g/mol. The third-order valence-electron chi connectivity index (χ3n) is 2.91. The number of rotatable bonds is 3. The van der Waals surface area contributed by atoms with E-state index < -0.39 is 36.4 Å². The molecule has 0 spiro atoms. The largest absolute Gasteiger partial charge is 0.409 e. The lowest BCUT2D eigenvalue weighted by Crippen LogP contribution is -2.50. The first kappa shape index (κ1) is 14.0. The van der Waals surface area contributed by atoms with Crippen LogP contribution in [0.5, 0.6) is 0 Å². The third-order valence-corrected chi connectivity index (χ3v) is 2.91. The molecule has 0 fully saturated rings. The second-order valence-corrected chi connectivity index (χ2v) is 4.25. The first-order valence-corrected chi connectivity index (χ1v) is 5.55. The highest BCUT2D eigenvalue weighted by Gasteiger charge is 2.52. The Labute approximate surface area is 111 Å². The van der Waals surface area contributed by atoms with Crippen LogP contribution >= 0.6 is 0 Å². The van der Waals surface area contributed by atoms with Gasteiger partial charge in [0, 0.05) is 0 Å². The van der Waals surface area contributed by atoms with E-state index in [9.17, 15) is 27.6 Å². The van der Waals surface area contributed by atoms with Crippen molar-refractivity contribution in [1.29, 1.82) is 0 Å². The van der Waals surface area contributed by atoms with Gasteiger partial charge in [0.15, 0.2) is 0 Å². The van der Waals surface area contributed by atoms with Gasteiger partial charge >= 0.3 is 6.18 Å². The molecule has 0 radical (unpaired) electrons. The average Bonchev–Trinajstić information content (AvgIpc) is 2.59. The van der Waals surface area contributed by atoms with Gasteiger partial charge in [-0.25, -0.2) is 0 Å². The molecule has 1 aliphatic heterocycles. The highest BCUT2D eigenvalue weighted by molar-refractivity contribution is 6.21. The molecule has 0 bridgehead atoms. The molecule has 1 heterocycles. The third kappa shape index (κ3) is 2.24. The number of carbonyl (C=O) groups excluding carboxylic acids is 3. The Kier molecular flexibility index (Phi) is 3.24. The summed E-state index contributed by atoms with van der Waals surface area (Å²) in [6.07, 6.45) is -6.09. The molecule has 1 aromatic carbocycles. The second-order valence-electron chi connectivity index (χ2n) is 4.25. The number of alkyl halides is 3. The van der Waals surface area contributed by atoms with E-state index in [1.165, 1.54) is 24.3 Å². The van der Waals surface area contributed by atoms with Crippen molar-refractivity contribution in [2.45, 2.75) is 18.6 Å². The van der Waals surface area contributed by atoms with Crippen LogP contribution in [0, 0.1) is 0 Å². The van der Waals surface area contributed by atoms with Gasteiger partial charge in [0.25, 0.3) is 11.8 Å². The molecule has 0 aliphatic carbocycles. The van der Waals surface area contributed by atoms with Crippen LogP contribution in [-0.4, -0.2) is 34.8 Å². The molecule has 3 amide bonds. The summed E-state index contributed by atoms with van der Waals surface area (Å²) in [7, 11) is 0. The van der Waals surface area contributed by atoms with E-state index in [0.29, 0.717) is 0 Å². The van der Waals surface area contributed by atoms with Crippen LogP contribution in [0.4, 0.5) is 13.2 Å². The van der Waals surface area contributed by atoms with Gasteiger partial charge in [0.05, 0.1) is 17.5 Å². The molecule has 1 atom stereocenters. The molecule has 0 saturated carbocycles. The predicted molar refractivity (Wildman–Crippen MR) is 60.6 cm³/mol. The Morgan fingerprint density at radius 3 is 1.95 bits per heavy atom. The van der Waals surface area contributed by atoms with Crippen molar-refractivity contribution in [1.82, 2.24) is 4.90 Å². The molecule has 20 heavy (non-hydrogen) atoms. The second kappa shape index (κ2) is 4.62. The van der Waals surface area contributed by atoms with Gasteiger partial charge in [-0.1, -0.05) is 12.1 Å². The fourth-order valence-electron chi connectivity index (χ4n) is 2.03. The summed E-state index contributed by atoms with van der Waals surface area (Å²) in [4.78, 5) is 34.7. The molecular weight excluding hydrogens is 277 g/mol. The lowest BCUT2D eigenvalue weighted by molar-refractivity contribution is -0.174. The molecule has 1 unspecified atom stereocenters. The minimum atomic E-state index is -4.93. The van der Waals surface area contributed by atoms with Gasteiger partial charge in [-0.05, 0) is 12.1 Å². The van der Waals surface area contributed by atoms with E-state index in [1.54, 1.807) is 0 Å². The predicted octanol–water partition coefficient (Wildman–Crippen LogP) is 1.09. The zero-order chi connectivity index (χ0) is 15.1. The van der Waals surface area contributed by atoms with Crippen LogP contribution in [0.15, 0.2) is 24.3 Å². The number of hydrogen-bond donors (Lipinski definition) is 1. The molecule has 2 rings (SSSR count). The Hall–Kier alpha value is -2.38. The summed E-state index contributed by atoms with van der Waals surface area (Å²) in [6, 6.07) is 2.84. The van der Waals surface area contributed by atoms with Crippen molar-refractivity contribution < 1.29 is 27.6 Å². The maximum atomic E-state index is 12.9. The molecular formula is C12H9F3N2O3. The van der Waals surface area contributed by atoms with Gasteiger partial charge < -0.3 is 5.73 Å². The number of carbonyl (C=O) groups is 3. The van der Waals surface area contributed by atoms with Crippen LogP contribution in [-0.2, 0) is 4.79 Å². The zero-order valence-corrected chi connectivity index (χ0v) is 9.98. The van der Waals surface area contributed by atoms with E-state index in [4.69, 9.17) is 5.73 Å². The number of hydrogen-bond acceptors (Lipinski definition) is 3. The number of imide groups is 1. The Bertz CT molecular complexity index is 563. The van der Waals surface area contributed by atoms with Crippen LogP contribution in [0.1, 0.15) is 27.1 Å². The molecule has 5 nitrogen and oxygen atoms in total. The van der Waals surface area contributed by atoms with Crippen molar-refractivity contribution in [2.24, 2.45) is 5.73 Å². The molecule has 0 saturated heterocycles. The van der Waals surface area contributed by atoms with Gasteiger partial charge in [-0.15, -0.1) is 0 Å². The molecule has 1 aromatic rings.